The van der Waals surface area contributed by atoms with Crippen LogP contribution in [0.25, 0.3) is 0 Å². The number of hydrogen-bond donors (Lipinski definition) is 1. The van der Waals surface area contributed by atoms with Crippen LogP contribution in [-0.2, 0) is 9.53 Å². The van der Waals surface area contributed by atoms with Gasteiger partial charge in [-0.1, -0.05) is 12.1 Å². The second kappa shape index (κ2) is 7.79. The minimum atomic E-state index is -0.643. The number of nitrogens with zero attached hydrogens (tertiary/aromatic N) is 1. The van der Waals surface area contributed by atoms with Gasteiger partial charge in [0.2, 0.25) is 5.88 Å². The summed E-state index contributed by atoms with van der Waals surface area (Å²) in [5.74, 6) is -0.207. The molecule has 1 aromatic heterocycles. The Morgan fingerprint density at radius 2 is 1.87 bits per heavy atom. The number of rotatable bonds is 6. The van der Waals surface area contributed by atoms with E-state index < -0.39 is 18.5 Å². The van der Waals surface area contributed by atoms with Gasteiger partial charge in [0, 0.05) is 12.3 Å². The van der Waals surface area contributed by atoms with Gasteiger partial charge >= 0.3 is 5.97 Å². The van der Waals surface area contributed by atoms with E-state index in [2.05, 4.69) is 10.3 Å². The molecule has 2 aromatic rings. The monoisotopic (exact) mass is 316 g/mol. The predicted octanol–water partition coefficient (Wildman–Crippen LogP) is 1.89. The van der Waals surface area contributed by atoms with Crippen LogP contribution in [0.1, 0.15) is 10.4 Å². The summed E-state index contributed by atoms with van der Waals surface area (Å²) >= 11 is 0. The molecular weight excluding hydrogens is 300 g/mol. The Morgan fingerprint density at radius 1 is 1.09 bits per heavy atom. The Morgan fingerprint density at radius 3 is 2.52 bits per heavy atom. The van der Waals surface area contributed by atoms with Gasteiger partial charge in [-0.05, 0) is 18.2 Å². The Labute approximate surface area is 133 Å². The lowest BCUT2D eigenvalue weighted by Gasteiger charge is -2.10. The van der Waals surface area contributed by atoms with Gasteiger partial charge in [0.25, 0.3) is 5.91 Å². The molecule has 0 atom stereocenters. The third-order valence-electron chi connectivity index (χ3n) is 2.90. The van der Waals surface area contributed by atoms with Crippen molar-refractivity contribution < 1.29 is 23.8 Å². The summed E-state index contributed by atoms with van der Waals surface area (Å²) < 4.78 is 15.0. The standard InChI is InChI=1S/C16H16N2O5/c1-21-13-6-4-3-5-12(13)18-14(19)10-23-16(20)11-7-8-15(22-2)17-9-11/h3-9H,10H2,1-2H3,(H,18,19). The third kappa shape index (κ3) is 4.44. The molecule has 1 aromatic carbocycles. The first-order valence-corrected chi connectivity index (χ1v) is 6.74. The fraction of sp³-hybridized carbons (Fsp3) is 0.188. The van der Waals surface area contributed by atoms with Gasteiger partial charge in [0.15, 0.2) is 6.61 Å². The van der Waals surface area contributed by atoms with Crippen molar-refractivity contribution in [1.29, 1.82) is 0 Å². The number of methoxy groups -OCH3 is 2. The molecule has 1 amide bonds. The molecule has 23 heavy (non-hydrogen) atoms. The van der Waals surface area contributed by atoms with Gasteiger partial charge in [-0.15, -0.1) is 0 Å². The minimum Gasteiger partial charge on any atom is -0.495 e. The van der Waals surface area contributed by atoms with Crippen LogP contribution in [0.15, 0.2) is 42.6 Å². The van der Waals surface area contributed by atoms with Gasteiger partial charge in [0.1, 0.15) is 5.75 Å². The van der Waals surface area contributed by atoms with Crippen LogP contribution in [0.5, 0.6) is 11.6 Å². The molecule has 7 heteroatoms. The van der Waals surface area contributed by atoms with Gasteiger partial charge in [-0.2, -0.15) is 0 Å². The molecular formula is C16H16N2O5. The van der Waals surface area contributed by atoms with Crippen molar-refractivity contribution in [2.75, 3.05) is 26.1 Å². The zero-order valence-corrected chi connectivity index (χ0v) is 12.7. The maximum Gasteiger partial charge on any atom is 0.340 e. The van der Waals surface area contributed by atoms with Gasteiger partial charge in [-0.3, -0.25) is 4.79 Å². The van der Waals surface area contributed by atoms with Gasteiger partial charge in [-0.25, -0.2) is 9.78 Å². The minimum absolute atomic E-state index is 0.232. The first-order chi connectivity index (χ1) is 11.1. The number of carbonyl (C=O) groups is 2. The number of esters is 1. The Bertz CT molecular complexity index is 685. The number of benzene rings is 1. The van der Waals surface area contributed by atoms with Crippen molar-refractivity contribution >= 4 is 17.6 Å². The van der Waals surface area contributed by atoms with Gasteiger partial charge in [0.05, 0.1) is 25.5 Å². The second-order valence-corrected chi connectivity index (χ2v) is 4.41. The molecule has 0 unspecified atom stereocenters. The van der Waals surface area contributed by atoms with Crippen LogP contribution in [0.4, 0.5) is 5.69 Å². The molecule has 0 radical (unpaired) electrons. The highest BCUT2D eigenvalue weighted by molar-refractivity contribution is 5.96. The Kier molecular flexibility index (Phi) is 5.51. The van der Waals surface area contributed by atoms with Crippen molar-refractivity contribution in [3.8, 4) is 11.6 Å². The lowest BCUT2D eigenvalue weighted by atomic mass is 10.3. The summed E-state index contributed by atoms with van der Waals surface area (Å²) in [6.07, 6.45) is 1.32. The van der Waals surface area contributed by atoms with Crippen LogP contribution in [-0.4, -0.2) is 37.7 Å². The number of nitrogens with one attached hydrogen (secondary N) is 1. The smallest absolute Gasteiger partial charge is 0.340 e. The molecule has 120 valence electrons. The van der Waals surface area contributed by atoms with Crippen molar-refractivity contribution in [1.82, 2.24) is 4.98 Å². The summed E-state index contributed by atoms with van der Waals surface area (Å²) in [5, 5.41) is 2.61. The van der Waals surface area contributed by atoms with Crippen LogP contribution in [0.3, 0.4) is 0 Å². The maximum atomic E-state index is 11.8. The largest absolute Gasteiger partial charge is 0.495 e. The lowest BCUT2D eigenvalue weighted by molar-refractivity contribution is -0.119. The van der Waals surface area contributed by atoms with E-state index in [-0.39, 0.29) is 5.56 Å². The van der Waals surface area contributed by atoms with E-state index in [1.54, 1.807) is 24.3 Å². The highest BCUT2D eigenvalue weighted by Crippen LogP contribution is 2.22. The summed E-state index contributed by atoms with van der Waals surface area (Å²) in [4.78, 5) is 27.5. The van der Waals surface area contributed by atoms with E-state index in [1.165, 1.54) is 32.5 Å². The molecule has 0 aliphatic carbocycles. The second-order valence-electron chi connectivity index (χ2n) is 4.41. The molecule has 0 fully saturated rings. The quantitative estimate of drug-likeness (QED) is 0.819. The number of amides is 1. The molecule has 0 saturated carbocycles. The molecule has 0 aliphatic rings. The number of ether oxygens (including phenoxy) is 3. The van der Waals surface area contributed by atoms with E-state index >= 15 is 0 Å². The lowest BCUT2D eigenvalue weighted by Crippen LogP contribution is -2.21. The normalized spacial score (nSPS) is 9.83. The predicted molar refractivity (Wildman–Crippen MR) is 82.7 cm³/mol. The highest BCUT2D eigenvalue weighted by Gasteiger charge is 2.12. The zero-order chi connectivity index (χ0) is 16.7. The molecule has 0 bridgehead atoms. The van der Waals surface area contributed by atoms with E-state index in [1.807, 2.05) is 0 Å². The number of para-hydroxylation sites is 2. The summed E-state index contributed by atoms with van der Waals surface area (Å²) in [6, 6.07) is 9.98. The average molecular weight is 316 g/mol. The van der Waals surface area contributed by atoms with Crippen LogP contribution in [0, 0.1) is 0 Å². The Balaban J connectivity index is 1.89. The molecule has 7 nitrogen and oxygen atoms in total. The number of aromatic nitrogens is 1. The zero-order valence-electron chi connectivity index (χ0n) is 12.7. The number of carbonyl (C=O) groups excluding carboxylic acids is 2. The van der Waals surface area contributed by atoms with E-state index in [9.17, 15) is 9.59 Å². The molecule has 1 N–H and O–H groups in total. The van der Waals surface area contributed by atoms with Crippen LogP contribution >= 0.6 is 0 Å². The average Bonchev–Trinajstić information content (AvgIpc) is 2.60. The molecule has 0 spiro atoms. The summed E-state index contributed by atoms with van der Waals surface area (Å²) in [6.45, 7) is -0.414. The van der Waals surface area contributed by atoms with Crippen molar-refractivity contribution in [3.63, 3.8) is 0 Å². The molecule has 0 saturated heterocycles. The van der Waals surface area contributed by atoms with E-state index in [0.29, 0.717) is 17.3 Å². The van der Waals surface area contributed by atoms with E-state index in [4.69, 9.17) is 14.2 Å². The molecule has 0 aliphatic heterocycles. The summed E-state index contributed by atoms with van der Waals surface area (Å²) in [5.41, 5.74) is 0.734. The SMILES string of the molecule is COc1ccc(C(=O)OCC(=O)Nc2ccccc2OC)cn1. The van der Waals surface area contributed by atoms with Crippen LogP contribution in [0.2, 0.25) is 0 Å². The number of hydrogen-bond acceptors (Lipinski definition) is 6. The molecule has 1 heterocycles. The maximum absolute atomic E-state index is 11.8. The Hall–Kier alpha value is -3.09. The summed E-state index contributed by atoms with van der Waals surface area (Å²) in [7, 11) is 2.98. The fourth-order valence-electron chi connectivity index (χ4n) is 1.77. The van der Waals surface area contributed by atoms with Crippen molar-refractivity contribution in [2.45, 2.75) is 0 Å². The number of pyridine rings is 1. The van der Waals surface area contributed by atoms with E-state index in [0.717, 1.165) is 0 Å². The third-order valence-corrected chi connectivity index (χ3v) is 2.90. The topological polar surface area (TPSA) is 86.8 Å². The fourth-order valence-corrected chi connectivity index (χ4v) is 1.77. The highest BCUT2D eigenvalue weighted by atomic mass is 16.5. The van der Waals surface area contributed by atoms with Crippen molar-refractivity contribution in [2.24, 2.45) is 0 Å². The first kappa shape index (κ1) is 16.3. The first-order valence-electron chi connectivity index (χ1n) is 6.74. The molecule has 2 rings (SSSR count). The van der Waals surface area contributed by atoms with Gasteiger partial charge < -0.3 is 19.5 Å². The number of anilines is 1. The van der Waals surface area contributed by atoms with Crippen molar-refractivity contribution in [3.05, 3.63) is 48.2 Å². The van der Waals surface area contributed by atoms with Crippen LogP contribution < -0.4 is 14.8 Å².